The normalized spacial score (nSPS) is 14.7. The van der Waals surface area contributed by atoms with Gasteiger partial charge in [0.2, 0.25) is 5.91 Å². The summed E-state index contributed by atoms with van der Waals surface area (Å²) in [5.41, 5.74) is 0.356. The van der Waals surface area contributed by atoms with E-state index >= 15 is 0 Å². The van der Waals surface area contributed by atoms with Gasteiger partial charge in [-0.15, -0.1) is 0 Å². The van der Waals surface area contributed by atoms with E-state index in [4.69, 9.17) is 5.26 Å². The molecule has 5 nitrogen and oxygen atoms in total. The van der Waals surface area contributed by atoms with Crippen molar-refractivity contribution in [2.45, 2.75) is 37.4 Å². The molecule has 1 aliphatic rings. The zero-order valence-corrected chi connectivity index (χ0v) is 11.2. The lowest BCUT2D eigenvalue weighted by molar-refractivity contribution is -0.117. The molecule has 0 atom stereocenters. The van der Waals surface area contributed by atoms with E-state index in [2.05, 4.69) is 16.0 Å². The number of carbonyl (C=O) groups excluding carboxylic acids is 1. The minimum absolute atomic E-state index is 0.0676. The van der Waals surface area contributed by atoms with Crippen molar-refractivity contribution in [2.75, 3.05) is 11.2 Å². The summed E-state index contributed by atoms with van der Waals surface area (Å²) in [6.07, 6.45) is 6.43. The van der Waals surface area contributed by atoms with Crippen molar-refractivity contribution in [1.82, 2.24) is 9.97 Å². The number of thioether (sulfide) groups is 1. The van der Waals surface area contributed by atoms with Crippen LogP contribution in [0.1, 0.15) is 31.7 Å². The summed E-state index contributed by atoms with van der Waals surface area (Å²) in [5.74, 6) is 0.385. The summed E-state index contributed by atoms with van der Waals surface area (Å²) in [6, 6.07) is 2.24. The maximum absolute atomic E-state index is 11.8. The highest BCUT2D eigenvalue weighted by atomic mass is 32.2. The van der Waals surface area contributed by atoms with Gasteiger partial charge in [0.15, 0.2) is 11.0 Å². The molecule has 1 fully saturated rings. The Morgan fingerprint density at radius 3 is 2.78 bits per heavy atom. The number of rotatable bonds is 3. The Kier molecular flexibility index (Phi) is 3.82. The Morgan fingerprint density at radius 2 is 2.33 bits per heavy atom. The molecule has 0 aromatic carbocycles. The van der Waals surface area contributed by atoms with Gasteiger partial charge in [-0.1, -0.05) is 11.8 Å². The van der Waals surface area contributed by atoms with Crippen LogP contribution in [0.5, 0.6) is 0 Å². The zero-order valence-electron chi connectivity index (χ0n) is 10.4. The number of hydrogen-bond acceptors (Lipinski definition) is 5. The van der Waals surface area contributed by atoms with Gasteiger partial charge in [-0.2, -0.15) is 5.26 Å². The van der Waals surface area contributed by atoms with Crippen LogP contribution >= 0.6 is 11.8 Å². The van der Waals surface area contributed by atoms with Gasteiger partial charge in [-0.3, -0.25) is 9.69 Å². The van der Waals surface area contributed by atoms with Crippen molar-refractivity contribution in [3.8, 4) is 6.07 Å². The fourth-order valence-corrected chi connectivity index (χ4v) is 2.28. The van der Waals surface area contributed by atoms with Crippen molar-refractivity contribution in [2.24, 2.45) is 0 Å². The van der Waals surface area contributed by atoms with Gasteiger partial charge < -0.3 is 0 Å². The number of amides is 1. The van der Waals surface area contributed by atoms with E-state index in [-0.39, 0.29) is 11.9 Å². The Labute approximate surface area is 110 Å². The summed E-state index contributed by atoms with van der Waals surface area (Å²) in [7, 11) is 0. The Hall–Kier alpha value is -1.61. The SMILES string of the molecule is CSc1ncc(C#N)c(N(C(C)=O)C2CCC2)n1. The third-order valence-electron chi connectivity index (χ3n) is 3.06. The van der Waals surface area contributed by atoms with Crippen LogP contribution in [-0.4, -0.2) is 28.2 Å². The molecule has 0 saturated heterocycles. The van der Waals surface area contributed by atoms with Crippen molar-refractivity contribution in [3.63, 3.8) is 0 Å². The zero-order chi connectivity index (χ0) is 13.1. The number of hydrogen-bond donors (Lipinski definition) is 0. The molecule has 18 heavy (non-hydrogen) atoms. The highest BCUT2D eigenvalue weighted by molar-refractivity contribution is 7.98. The molecule has 0 spiro atoms. The Balaban J connectivity index is 2.45. The highest BCUT2D eigenvalue weighted by Gasteiger charge is 2.30. The second-order valence-electron chi connectivity index (χ2n) is 4.18. The molecule has 0 aliphatic heterocycles. The van der Waals surface area contributed by atoms with E-state index < -0.39 is 0 Å². The Bertz CT molecular complexity index is 507. The van der Waals surface area contributed by atoms with Crippen LogP contribution in [0.2, 0.25) is 0 Å². The predicted molar refractivity (Wildman–Crippen MR) is 69.3 cm³/mol. The monoisotopic (exact) mass is 262 g/mol. The molecule has 6 heteroatoms. The molecule has 0 radical (unpaired) electrons. The molecular formula is C12H14N4OS. The smallest absolute Gasteiger partial charge is 0.225 e. The molecular weight excluding hydrogens is 248 g/mol. The van der Waals surface area contributed by atoms with E-state index in [1.807, 2.05) is 6.26 Å². The first-order valence-corrected chi connectivity index (χ1v) is 7.00. The third-order valence-corrected chi connectivity index (χ3v) is 3.62. The first-order valence-electron chi connectivity index (χ1n) is 5.78. The minimum Gasteiger partial charge on any atom is -0.293 e. The number of anilines is 1. The molecule has 94 valence electrons. The van der Waals surface area contributed by atoms with Gasteiger partial charge >= 0.3 is 0 Å². The van der Waals surface area contributed by atoms with Crippen LogP contribution in [0.3, 0.4) is 0 Å². The molecule has 1 saturated carbocycles. The van der Waals surface area contributed by atoms with Crippen molar-refractivity contribution in [1.29, 1.82) is 5.26 Å². The fourth-order valence-electron chi connectivity index (χ4n) is 1.94. The number of aromatic nitrogens is 2. The number of nitriles is 1. The predicted octanol–water partition coefficient (Wildman–Crippen LogP) is 1.98. The lowest BCUT2D eigenvalue weighted by Crippen LogP contribution is -2.44. The van der Waals surface area contributed by atoms with Crippen LogP contribution in [0.25, 0.3) is 0 Å². The van der Waals surface area contributed by atoms with Gasteiger partial charge in [0.1, 0.15) is 11.6 Å². The minimum atomic E-state index is -0.0676. The van der Waals surface area contributed by atoms with Gasteiger partial charge in [0, 0.05) is 13.0 Å². The molecule has 2 rings (SSSR count). The summed E-state index contributed by atoms with van der Waals surface area (Å²) in [4.78, 5) is 21.8. The molecule has 1 heterocycles. The molecule has 0 unspecified atom stereocenters. The first-order chi connectivity index (χ1) is 8.67. The average Bonchev–Trinajstić information content (AvgIpc) is 2.32. The summed E-state index contributed by atoms with van der Waals surface area (Å²) in [5, 5.41) is 9.69. The third kappa shape index (κ3) is 2.31. The molecule has 0 N–H and O–H groups in total. The maximum Gasteiger partial charge on any atom is 0.225 e. The fraction of sp³-hybridized carbons (Fsp3) is 0.500. The quantitative estimate of drug-likeness (QED) is 0.615. The second-order valence-corrected chi connectivity index (χ2v) is 4.95. The van der Waals surface area contributed by atoms with Crippen molar-refractivity contribution in [3.05, 3.63) is 11.8 Å². The van der Waals surface area contributed by atoms with Gasteiger partial charge in [-0.25, -0.2) is 9.97 Å². The van der Waals surface area contributed by atoms with E-state index in [9.17, 15) is 4.79 Å². The molecule has 1 aromatic heterocycles. The van der Waals surface area contributed by atoms with Gasteiger partial charge in [-0.05, 0) is 25.5 Å². The van der Waals surface area contributed by atoms with Gasteiger partial charge in [0.05, 0.1) is 6.20 Å². The summed E-state index contributed by atoms with van der Waals surface area (Å²) in [6.45, 7) is 1.51. The lowest BCUT2D eigenvalue weighted by Gasteiger charge is -2.36. The molecule has 0 bridgehead atoms. The van der Waals surface area contributed by atoms with Crippen LogP contribution in [0.4, 0.5) is 5.82 Å². The van der Waals surface area contributed by atoms with Crippen molar-refractivity contribution >= 4 is 23.5 Å². The number of carbonyl (C=O) groups is 1. The van der Waals surface area contributed by atoms with Crippen molar-refractivity contribution < 1.29 is 4.79 Å². The average molecular weight is 262 g/mol. The maximum atomic E-state index is 11.8. The van der Waals surface area contributed by atoms with Crippen LogP contribution in [0.15, 0.2) is 11.4 Å². The lowest BCUT2D eigenvalue weighted by atomic mass is 9.91. The standard InChI is InChI=1S/C12H14N4OS/c1-8(17)16(10-4-3-5-10)11-9(6-13)7-14-12(15-11)18-2/h7,10H,3-5H2,1-2H3. The van der Waals surface area contributed by atoms with Gasteiger partial charge in [0.25, 0.3) is 0 Å². The van der Waals surface area contributed by atoms with Crippen LogP contribution < -0.4 is 4.90 Å². The summed E-state index contributed by atoms with van der Waals surface area (Å²) >= 11 is 1.40. The van der Waals surface area contributed by atoms with Crippen LogP contribution in [0, 0.1) is 11.3 Å². The highest BCUT2D eigenvalue weighted by Crippen LogP contribution is 2.31. The molecule has 1 aliphatic carbocycles. The van der Waals surface area contributed by atoms with E-state index in [1.54, 1.807) is 4.90 Å². The Morgan fingerprint density at radius 1 is 1.61 bits per heavy atom. The van der Waals surface area contributed by atoms with Crippen LogP contribution in [-0.2, 0) is 4.79 Å². The van der Waals surface area contributed by atoms with E-state index in [1.165, 1.54) is 24.9 Å². The topological polar surface area (TPSA) is 69.9 Å². The second kappa shape index (κ2) is 5.36. The van der Waals surface area contributed by atoms with E-state index in [0.717, 1.165) is 19.3 Å². The number of nitrogens with zero attached hydrogens (tertiary/aromatic N) is 4. The molecule has 1 amide bonds. The largest absolute Gasteiger partial charge is 0.293 e. The molecule has 1 aromatic rings. The first kappa shape index (κ1) is 12.8. The van der Waals surface area contributed by atoms with E-state index in [0.29, 0.717) is 16.5 Å². The summed E-state index contributed by atoms with van der Waals surface area (Å²) < 4.78 is 0.